The Morgan fingerprint density at radius 2 is 1.68 bits per heavy atom. The lowest BCUT2D eigenvalue weighted by Gasteiger charge is -2.30. The maximum absolute atomic E-state index is 14.9. The molecule has 1 aromatic carbocycles. The minimum atomic E-state index is -1.30. The van der Waals surface area contributed by atoms with Crippen LogP contribution in [0.1, 0.15) is 27.7 Å². The van der Waals surface area contributed by atoms with Crippen LogP contribution in [0.4, 0.5) is 23.2 Å². The molecule has 148 valence electrons. The van der Waals surface area contributed by atoms with Crippen LogP contribution < -0.4 is 10.0 Å². The van der Waals surface area contributed by atoms with Gasteiger partial charge in [0.25, 0.3) is 0 Å². The van der Waals surface area contributed by atoms with E-state index in [1.54, 1.807) is 6.92 Å². The summed E-state index contributed by atoms with van der Waals surface area (Å²) in [5.74, 6) is -5.01. The summed E-state index contributed by atoms with van der Waals surface area (Å²) in [5, 5.41) is 15.0. The highest BCUT2D eigenvalue weighted by Gasteiger charge is 2.31. The predicted molar refractivity (Wildman–Crippen MR) is 96.3 cm³/mol. The fourth-order valence-corrected chi connectivity index (χ4v) is 2.63. The number of rotatable bonds is 3. The van der Waals surface area contributed by atoms with E-state index in [-0.39, 0.29) is 28.3 Å². The molecule has 0 bridgehead atoms. The molecule has 0 aliphatic heterocycles. The van der Waals surface area contributed by atoms with E-state index in [0.29, 0.717) is 16.9 Å². The zero-order chi connectivity index (χ0) is 20.8. The molecular formula is C19H18F4N4O. The number of pyridine rings is 1. The van der Waals surface area contributed by atoms with Gasteiger partial charge in [0.05, 0.1) is 23.0 Å². The van der Waals surface area contributed by atoms with Crippen molar-refractivity contribution in [3.63, 3.8) is 0 Å². The van der Waals surface area contributed by atoms with E-state index in [4.69, 9.17) is 0 Å². The van der Waals surface area contributed by atoms with Crippen LogP contribution in [0.15, 0.2) is 24.5 Å². The quantitative estimate of drug-likeness (QED) is 0.311. The normalized spacial score (nSPS) is 13.0. The topological polar surface area (TPSA) is 64.8 Å². The van der Waals surface area contributed by atoms with Gasteiger partial charge in [0.2, 0.25) is 0 Å². The summed E-state index contributed by atoms with van der Waals surface area (Å²) in [6.07, 6.45) is 2.20. The number of halogens is 4. The van der Waals surface area contributed by atoms with Crippen molar-refractivity contribution < 1.29 is 22.3 Å². The first-order chi connectivity index (χ1) is 13.0. The maximum Gasteiger partial charge on any atom is 0.357 e. The van der Waals surface area contributed by atoms with Crippen LogP contribution in [0.5, 0.6) is 0 Å². The van der Waals surface area contributed by atoms with Crippen LogP contribution in [-0.4, -0.2) is 16.0 Å². The second kappa shape index (κ2) is 6.88. The zero-order valence-corrected chi connectivity index (χ0v) is 15.6. The van der Waals surface area contributed by atoms with Gasteiger partial charge in [-0.25, -0.2) is 22.9 Å². The molecule has 1 atom stereocenters. The lowest BCUT2D eigenvalue weighted by Crippen LogP contribution is -2.33. The van der Waals surface area contributed by atoms with Crippen molar-refractivity contribution in [2.24, 2.45) is 5.41 Å². The molecule has 0 saturated heterocycles. The Kier molecular flexibility index (Phi) is 4.86. The number of fused-ring (bicyclic) bond motifs is 1. The number of hydrogen-bond donors (Lipinski definition) is 1. The number of benzene rings is 1. The van der Waals surface area contributed by atoms with Gasteiger partial charge in [-0.15, -0.1) is 0 Å². The summed E-state index contributed by atoms with van der Waals surface area (Å²) < 4.78 is 57.4. The standard InChI is InChI=1S/C19H18F4N4O/c1-9(19(2,3)4)25-15-14(13-11(21)7-10(20)8-12(13)22)17(23)26-18-16(15)24-5-6-27(18)28/h5-9H,1-4H3,(H,25,26)/t9-/m1/s1. The van der Waals surface area contributed by atoms with Crippen LogP contribution >= 0.6 is 0 Å². The third kappa shape index (κ3) is 3.44. The summed E-state index contributed by atoms with van der Waals surface area (Å²) in [5.41, 5.74) is -2.19. The lowest BCUT2D eigenvalue weighted by molar-refractivity contribution is -0.579. The zero-order valence-electron chi connectivity index (χ0n) is 15.6. The van der Waals surface area contributed by atoms with Crippen LogP contribution in [0.3, 0.4) is 0 Å². The SMILES string of the molecule is C[C@@H](Nc1c(-c2c(F)cc(F)cc2F)c(F)nc2c1ncc[n+]2[O-])C(C)(C)C. The summed E-state index contributed by atoms with van der Waals surface area (Å²) in [6, 6.07) is 0.584. The minimum Gasteiger partial charge on any atom is -0.710 e. The Labute approximate surface area is 158 Å². The fourth-order valence-electron chi connectivity index (χ4n) is 2.63. The molecule has 28 heavy (non-hydrogen) atoms. The van der Waals surface area contributed by atoms with E-state index >= 15 is 0 Å². The number of nitrogens with one attached hydrogen (secondary N) is 1. The Hall–Kier alpha value is -2.97. The molecule has 1 N–H and O–H groups in total. The van der Waals surface area contributed by atoms with Crippen molar-refractivity contribution in [1.82, 2.24) is 9.97 Å². The van der Waals surface area contributed by atoms with E-state index in [9.17, 15) is 22.8 Å². The smallest absolute Gasteiger partial charge is 0.357 e. The Morgan fingerprint density at radius 3 is 2.25 bits per heavy atom. The molecule has 0 radical (unpaired) electrons. The van der Waals surface area contributed by atoms with Crippen LogP contribution in [0.25, 0.3) is 22.3 Å². The second-order valence-corrected chi connectivity index (χ2v) is 7.55. The molecule has 5 nitrogen and oxygen atoms in total. The molecule has 9 heteroatoms. The van der Waals surface area contributed by atoms with E-state index in [1.807, 2.05) is 20.8 Å². The highest BCUT2D eigenvalue weighted by atomic mass is 19.1. The first kappa shape index (κ1) is 19.8. The number of anilines is 1. The average Bonchev–Trinajstić information content (AvgIpc) is 2.56. The fraction of sp³-hybridized carbons (Fsp3) is 0.316. The van der Waals surface area contributed by atoms with Crippen molar-refractivity contribution in [1.29, 1.82) is 0 Å². The molecular weight excluding hydrogens is 376 g/mol. The van der Waals surface area contributed by atoms with E-state index in [0.717, 1.165) is 6.20 Å². The van der Waals surface area contributed by atoms with Gasteiger partial charge in [0.1, 0.15) is 23.6 Å². The molecule has 2 aromatic heterocycles. The minimum absolute atomic E-state index is 0.0619. The molecule has 2 heterocycles. The average molecular weight is 394 g/mol. The van der Waals surface area contributed by atoms with Crippen molar-refractivity contribution in [3.8, 4) is 11.1 Å². The Bertz CT molecular complexity index is 1040. The highest BCUT2D eigenvalue weighted by molar-refractivity contribution is 5.95. The molecule has 0 aliphatic rings. The molecule has 0 fully saturated rings. The van der Waals surface area contributed by atoms with Gasteiger partial charge in [-0.05, 0) is 17.3 Å². The Balaban J connectivity index is 2.40. The maximum atomic E-state index is 14.9. The van der Waals surface area contributed by atoms with Gasteiger partial charge in [-0.1, -0.05) is 20.8 Å². The largest absolute Gasteiger partial charge is 0.710 e. The number of hydrogen-bond acceptors (Lipinski definition) is 4. The molecule has 0 aliphatic carbocycles. The van der Waals surface area contributed by atoms with Gasteiger partial charge in [-0.2, -0.15) is 4.39 Å². The Morgan fingerprint density at radius 1 is 1.07 bits per heavy atom. The first-order valence-electron chi connectivity index (χ1n) is 8.49. The summed E-state index contributed by atoms with van der Waals surface area (Å²) in [4.78, 5) is 7.59. The van der Waals surface area contributed by atoms with Gasteiger partial charge in [0.15, 0.2) is 5.52 Å². The van der Waals surface area contributed by atoms with Crippen molar-refractivity contribution >= 4 is 16.9 Å². The van der Waals surface area contributed by atoms with Crippen LogP contribution in [0, 0.1) is 34.0 Å². The van der Waals surface area contributed by atoms with Gasteiger partial charge in [-0.3, -0.25) is 0 Å². The third-order valence-electron chi connectivity index (χ3n) is 4.64. The van der Waals surface area contributed by atoms with E-state index in [1.165, 1.54) is 6.20 Å². The van der Waals surface area contributed by atoms with Gasteiger partial charge >= 0.3 is 11.6 Å². The molecule has 0 unspecified atom stereocenters. The van der Waals surface area contributed by atoms with Crippen molar-refractivity contribution in [3.05, 3.63) is 53.1 Å². The summed E-state index contributed by atoms with van der Waals surface area (Å²) in [7, 11) is 0. The molecule has 3 rings (SSSR count). The van der Waals surface area contributed by atoms with Crippen LogP contribution in [0.2, 0.25) is 0 Å². The molecule has 0 spiro atoms. The van der Waals surface area contributed by atoms with E-state index in [2.05, 4.69) is 15.3 Å². The molecule has 3 aromatic rings. The van der Waals surface area contributed by atoms with Crippen LogP contribution in [-0.2, 0) is 0 Å². The second-order valence-electron chi connectivity index (χ2n) is 7.55. The molecule has 0 amide bonds. The lowest BCUT2D eigenvalue weighted by atomic mass is 9.87. The third-order valence-corrected chi connectivity index (χ3v) is 4.64. The summed E-state index contributed by atoms with van der Waals surface area (Å²) in [6.45, 7) is 7.51. The summed E-state index contributed by atoms with van der Waals surface area (Å²) >= 11 is 0. The van der Waals surface area contributed by atoms with Gasteiger partial charge < -0.3 is 10.5 Å². The highest BCUT2D eigenvalue weighted by Crippen LogP contribution is 2.39. The number of nitrogens with zero attached hydrogens (tertiary/aromatic N) is 3. The number of aromatic nitrogens is 3. The predicted octanol–water partition coefficient (Wildman–Crippen LogP) is 4.33. The van der Waals surface area contributed by atoms with E-state index < -0.39 is 34.5 Å². The monoisotopic (exact) mass is 394 g/mol. The molecule has 0 saturated carbocycles. The van der Waals surface area contributed by atoms with Crippen molar-refractivity contribution in [2.75, 3.05) is 5.32 Å². The van der Waals surface area contributed by atoms with Gasteiger partial charge in [0, 0.05) is 18.2 Å². The first-order valence-corrected chi connectivity index (χ1v) is 8.49. The van der Waals surface area contributed by atoms with Crippen molar-refractivity contribution in [2.45, 2.75) is 33.7 Å².